The number of halogens is 1. The Hall–Kier alpha value is -3.32. The van der Waals surface area contributed by atoms with Crippen molar-refractivity contribution < 1.29 is 9.53 Å². The van der Waals surface area contributed by atoms with Gasteiger partial charge < -0.3 is 19.5 Å². The van der Waals surface area contributed by atoms with E-state index in [0.717, 1.165) is 46.0 Å². The van der Waals surface area contributed by atoms with Crippen molar-refractivity contribution in [1.82, 2.24) is 19.9 Å². The van der Waals surface area contributed by atoms with Gasteiger partial charge in [0, 0.05) is 61.5 Å². The molecule has 0 radical (unpaired) electrons. The zero-order valence-corrected chi connectivity index (χ0v) is 19.7. The highest BCUT2D eigenvalue weighted by molar-refractivity contribution is 6.31. The molecule has 3 aromatic rings. The minimum atomic E-state index is -0.570. The first-order valence-corrected chi connectivity index (χ1v) is 11.3. The van der Waals surface area contributed by atoms with E-state index in [2.05, 4.69) is 27.1 Å². The van der Waals surface area contributed by atoms with E-state index in [1.165, 1.54) is 0 Å². The summed E-state index contributed by atoms with van der Waals surface area (Å²) in [5, 5.41) is 0. The predicted molar refractivity (Wildman–Crippen MR) is 130 cm³/mol. The molecular weight excluding hydrogens is 438 g/mol. The van der Waals surface area contributed by atoms with Crippen LogP contribution in [0.5, 0.6) is 5.75 Å². The fourth-order valence-corrected chi connectivity index (χ4v) is 4.72. The van der Waals surface area contributed by atoms with Crippen molar-refractivity contribution in [3.63, 3.8) is 0 Å². The second kappa shape index (κ2) is 8.23. The second-order valence-corrected chi connectivity index (χ2v) is 9.64. The van der Waals surface area contributed by atoms with Crippen LogP contribution in [0.4, 0.5) is 5.82 Å². The monoisotopic (exact) mass is 463 g/mol. The zero-order valence-electron chi connectivity index (χ0n) is 18.9. The fraction of sp³-hybridized carbons (Fsp3) is 0.320. The molecule has 1 amide bonds. The lowest BCUT2D eigenvalue weighted by molar-refractivity contribution is -0.129. The van der Waals surface area contributed by atoms with Gasteiger partial charge in [-0.05, 0) is 48.4 Å². The molecule has 0 bridgehead atoms. The number of nitrogens with zero attached hydrogens (tertiary/aromatic N) is 4. The molecule has 170 valence electrons. The number of pyridine rings is 2. The largest absolute Gasteiger partial charge is 0.495 e. The molecule has 1 atom stereocenters. The van der Waals surface area contributed by atoms with Crippen LogP contribution in [0.25, 0.3) is 22.9 Å². The number of aromatic amines is 1. The van der Waals surface area contributed by atoms with Crippen LogP contribution in [-0.2, 0) is 11.2 Å². The molecule has 1 N–H and O–H groups in total. The van der Waals surface area contributed by atoms with E-state index >= 15 is 0 Å². The summed E-state index contributed by atoms with van der Waals surface area (Å²) in [4.78, 5) is 27.7. The number of likely N-dealkylation sites (N-methyl/N-ethyl adjacent to an activating group) is 1. The number of anilines is 1. The molecule has 8 heteroatoms. The van der Waals surface area contributed by atoms with Crippen molar-refractivity contribution in [2.45, 2.75) is 18.2 Å². The fourth-order valence-electron chi connectivity index (χ4n) is 4.43. The number of nitrogens with one attached hydrogen (secondary N) is 1. The van der Waals surface area contributed by atoms with Gasteiger partial charge in [-0.25, -0.2) is 4.98 Å². The van der Waals surface area contributed by atoms with Crippen LogP contribution in [0.1, 0.15) is 23.7 Å². The molecule has 1 aliphatic heterocycles. The minimum Gasteiger partial charge on any atom is -0.495 e. The van der Waals surface area contributed by atoms with Crippen LogP contribution in [0.2, 0.25) is 0 Å². The van der Waals surface area contributed by atoms with E-state index in [0.29, 0.717) is 25.3 Å². The first-order valence-electron chi connectivity index (χ1n) is 10.9. The molecular formula is C25H26ClN5O2. The van der Waals surface area contributed by atoms with Crippen molar-refractivity contribution in [2.24, 2.45) is 0 Å². The van der Waals surface area contributed by atoms with Crippen LogP contribution in [0.15, 0.2) is 42.9 Å². The van der Waals surface area contributed by atoms with Crippen LogP contribution in [0, 0.1) is 0 Å². The molecule has 3 aromatic heterocycles. The molecule has 0 saturated carbocycles. The number of methoxy groups -OCH3 is 1. The van der Waals surface area contributed by atoms with Crippen LogP contribution >= 0.6 is 11.6 Å². The van der Waals surface area contributed by atoms with Crippen molar-refractivity contribution in [3.8, 4) is 17.0 Å². The molecule has 5 rings (SSSR count). The number of amides is 1. The Balaban J connectivity index is 1.42. The van der Waals surface area contributed by atoms with Gasteiger partial charge in [-0.1, -0.05) is 0 Å². The number of H-pyrrole nitrogens is 1. The van der Waals surface area contributed by atoms with E-state index < -0.39 is 4.87 Å². The molecule has 1 fully saturated rings. The van der Waals surface area contributed by atoms with E-state index in [4.69, 9.17) is 16.3 Å². The first-order chi connectivity index (χ1) is 15.8. The number of rotatable bonds is 4. The molecule has 2 aliphatic rings. The Morgan fingerprint density at radius 1 is 1.15 bits per heavy atom. The normalized spacial score (nSPS) is 20.5. The van der Waals surface area contributed by atoms with E-state index in [9.17, 15) is 4.79 Å². The van der Waals surface area contributed by atoms with Gasteiger partial charge in [0.15, 0.2) is 0 Å². The molecule has 1 aliphatic carbocycles. The van der Waals surface area contributed by atoms with E-state index in [1.807, 2.05) is 49.5 Å². The summed E-state index contributed by atoms with van der Waals surface area (Å²) < 4.78 is 5.34. The van der Waals surface area contributed by atoms with Gasteiger partial charge >= 0.3 is 0 Å². The van der Waals surface area contributed by atoms with Crippen molar-refractivity contribution in [2.75, 3.05) is 38.7 Å². The summed E-state index contributed by atoms with van der Waals surface area (Å²) in [5.41, 5.74) is 6.14. The average molecular weight is 464 g/mol. The molecule has 4 heterocycles. The van der Waals surface area contributed by atoms with Crippen LogP contribution < -0.4 is 9.64 Å². The van der Waals surface area contributed by atoms with E-state index in [-0.39, 0.29) is 5.91 Å². The predicted octanol–water partition coefficient (Wildman–Crippen LogP) is 3.85. The average Bonchev–Trinajstić information content (AvgIpc) is 3.22. The number of hydrogen-bond acceptors (Lipinski definition) is 5. The van der Waals surface area contributed by atoms with Gasteiger partial charge in [0.2, 0.25) is 5.91 Å². The Kier molecular flexibility index (Phi) is 5.37. The number of hydrogen-bond donors (Lipinski definition) is 1. The highest BCUT2D eigenvalue weighted by Gasteiger charge is 2.33. The lowest BCUT2D eigenvalue weighted by atomic mass is 9.84. The Morgan fingerprint density at radius 2 is 2.00 bits per heavy atom. The molecule has 0 aromatic carbocycles. The smallest absolute Gasteiger partial charge is 0.241 e. The maximum atomic E-state index is 12.0. The van der Waals surface area contributed by atoms with Crippen molar-refractivity contribution >= 4 is 35.0 Å². The number of allylic oxidation sites excluding steroid dienone is 1. The summed E-state index contributed by atoms with van der Waals surface area (Å²) >= 11 is 6.97. The second-order valence-electron chi connectivity index (χ2n) is 8.80. The number of ether oxygens (including phenoxy) is 1. The third-order valence-corrected chi connectivity index (χ3v) is 6.74. The third kappa shape index (κ3) is 4.09. The number of aromatic nitrogens is 3. The number of carbonyl (C=O) groups is 1. The number of fused-ring (bicyclic) bond motifs is 1. The number of piperazine rings is 1. The SMILES string of the molecule is COc1cncc(C2=Cc3cc(-c4ccc(N5CCN(C)C(=O)C5)nc4)[nH]c3CC2(C)Cl)c1. The highest BCUT2D eigenvalue weighted by atomic mass is 35.5. The number of alkyl halides is 1. The lowest BCUT2D eigenvalue weighted by Crippen LogP contribution is -2.48. The molecule has 1 unspecified atom stereocenters. The first kappa shape index (κ1) is 21.5. The lowest BCUT2D eigenvalue weighted by Gasteiger charge is -2.32. The third-order valence-electron chi connectivity index (χ3n) is 6.40. The zero-order chi connectivity index (χ0) is 23.2. The summed E-state index contributed by atoms with van der Waals surface area (Å²) in [6.07, 6.45) is 8.15. The Labute approximate surface area is 198 Å². The van der Waals surface area contributed by atoms with Gasteiger partial charge in [0.05, 0.1) is 24.7 Å². The minimum absolute atomic E-state index is 0.113. The van der Waals surface area contributed by atoms with Crippen LogP contribution in [0.3, 0.4) is 0 Å². The topological polar surface area (TPSA) is 74.3 Å². The van der Waals surface area contributed by atoms with Crippen molar-refractivity contribution in [3.05, 3.63) is 59.7 Å². The highest BCUT2D eigenvalue weighted by Crippen LogP contribution is 2.43. The maximum Gasteiger partial charge on any atom is 0.241 e. The Bertz CT molecular complexity index is 1230. The van der Waals surface area contributed by atoms with Gasteiger partial charge in [0.1, 0.15) is 11.6 Å². The van der Waals surface area contributed by atoms with Gasteiger partial charge in [0.25, 0.3) is 0 Å². The molecule has 0 spiro atoms. The molecule has 7 nitrogen and oxygen atoms in total. The van der Waals surface area contributed by atoms with Crippen molar-refractivity contribution in [1.29, 1.82) is 0 Å². The van der Waals surface area contributed by atoms with E-state index in [1.54, 1.807) is 18.2 Å². The van der Waals surface area contributed by atoms with Gasteiger partial charge in [-0.15, -0.1) is 11.6 Å². The standard InChI is InChI=1S/C25H26ClN5O2/c1-25(26)11-22-17(9-20(25)18-8-19(33-3)14-27-12-18)10-21(29-22)16-4-5-23(28-13-16)31-7-6-30(2)24(32)15-31/h4-5,8-10,12-14,29H,6-7,11,15H2,1-3H3. The quantitative estimate of drug-likeness (QED) is 0.595. The molecule has 33 heavy (non-hydrogen) atoms. The maximum absolute atomic E-state index is 12.0. The Morgan fingerprint density at radius 3 is 2.73 bits per heavy atom. The summed E-state index contributed by atoms with van der Waals surface area (Å²) in [6.45, 7) is 3.88. The van der Waals surface area contributed by atoms with Crippen LogP contribution in [-0.4, -0.2) is 64.4 Å². The summed E-state index contributed by atoms with van der Waals surface area (Å²) in [6, 6.07) is 8.11. The number of carbonyl (C=O) groups excluding carboxylic acids is 1. The summed E-state index contributed by atoms with van der Waals surface area (Å²) in [5.74, 6) is 1.63. The summed E-state index contributed by atoms with van der Waals surface area (Å²) in [7, 11) is 3.47. The van der Waals surface area contributed by atoms with Gasteiger partial charge in [-0.2, -0.15) is 0 Å². The molecule has 1 saturated heterocycles. The van der Waals surface area contributed by atoms with Gasteiger partial charge in [-0.3, -0.25) is 9.78 Å².